The van der Waals surface area contributed by atoms with Crippen LogP contribution in [-0.4, -0.2) is 6.09 Å². The Balaban J connectivity index is 2.03. The maximum absolute atomic E-state index is 13.9. The van der Waals surface area contributed by atoms with E-state index in [1.165, 1.54) is 12.1 Å². The van der Waals surface area contributed by atoms with Gasteiger partial charge in [-0.3, -0.25) is 0 Å². The predicted octanol–water partition coefficient (Wildman–Crippen LogP) is 3.71. The molecule has 0 fully saturated rings. The van der Waals surface area contributed by atoms with Crippen LogP contribution in [0.25, 0.3) is 11.1 Å². The average Bonchev–Trinajstić information content (AvgIpc) is 2.84. The van der Waals surface area contributed by atoms with Crippen LogP contribution in [0.1, 0.15) is 23.7 Å². The van der Waals surface area contributed by atoms with E-state index >= 15 is 0 Å². The van der Waals surface area contributed by atoms with Gasteiger partial charge in [-0.25, -0.2) is 13.6 Å². The van der Waals surface area contributed by atoms with E-state index in [0.29, 0.717) is 12.0 Å². The molecule has 2 aromatic carbocycles. The molecule has 1 atom stereocenters. The smallest absolute Gasteiger partial charge is 0.405 e. The summed E-state index contributed by atoms with van der Waals surface area (Å²) in [5.41, 5.74) is 7.61. The molecule has 5 heteroatoms. The molecule has 0 spiro atoms. The van der Waals surface area contributed by atoms with E-state index in [0.717, 1.165) is 23.6 Å². The van der Waals surface area contributed by atoms with Crippen molar-refractivity contribution in [2.45, 2.75) is 18.9 Å². The summed E-state index contributed by atoms with van der Waals surface area (Å²) in [7, 11) is 0. The van der Waals surface area contributed by atoms with E-state index in [9.17, 15) is 13.6 Å². The number of benzene rings is 2. The standard InChI is InChI=1S/C16H13F2NO2/c17-13-3-1-2-11(15(13)18)10-5-4-9-6-7-14(12(9)8-10)21-16(19)20/h1-5,8,14H,6-7H2,(H2,19,20). The third kappa shape index (κ3) is 2.46. The van der Waals surface area contributed by atoms with Crippen LogP contribution in [0.4, 0.5) is 13.6 Å². The third-order valence-corrected chi connectivity index (χ3v) is 3.69. The molecular formula is C16H13F2NO2. The molecule has 0 heterocycles. The molecule has 1 aliphatic carbocycles. The fourth-order valence-electron chi connectivity index (χ4n) is 2.72. The number of aryl methyl sites for hydroxylation is 1. The van der Waals surface area contributed by atoms with Gasteiger partial charge >= 0.3 is 6.09 Å². The molecule has 0 radical (unpaired) electrons. The molecule has 3 rings (SSSR count). The highest BCUT2D eigenvalue weighted by Gasteiger charge is 2.26. The summed E-state index contributed by atoms with van der Waals surface area (Å²) >= 11 is 0. The molecule has 0 aliphatic heterocycles. The number of primary amides is 1. The summed E-state index contributed by atoms with van der Waals surface area (Å²) in [6, 6.07) is 9.36. The van der Waals surface area contributed by atoms with Crippen LogP contribution in [-0.2, 0) is 11.2 Å². The highest BCUT2D eigenvalue weighted by atomic mass is 19.2. The summed E-state index contributed by atoms with van der Waals surface area (Å²) in [6.45, 7) is 0. The minimum Gasteiger partial charge on any atom is -0.441 e. The second-order valence-corrected chi connectivity index (χ2v) is 4.98. The summed E-state index contributed by atoms with van der Waals surface area (Å²) in [5.74, 6) is -1.78. The number of rotatable bonds is 2. The Labute approximate surface area is 120 Å². The van der Waals surface area contributed by atoms with E-state index in [1.807, 2.05) is 6.07 Å². The normalized spacial score (nSPS) is 16.6. The molecule has 21 heavy (non-hydrogen) atoms. The number of nitrogens with two attached hydrogens (primary N) is 1. The van der Waals surface area contributed by atoms with Gasteiger partial charge in [0.2, 0.25) is 0 Å². The van der Waals surface area contributed by atoms with Crippen LogP contribution in [0.15, 0.2) is 36.4 Å². The van der Waals surface area contributed by atoms with Crippen molar-refractivity contribution in [2.75, 3.05) is 0 Å². The molecule has 108 valence electrons. The summed E-state index contributed by atoms with van der Waals surface area (Å²) < 4.78 is 32.2. The lowest BCUT2D eigenvalue weighted by Crippen LogP contribution is -2.15. The third-order valence-electron chi connectivity index (χ3n) is 3.69. The van der Waals surface area contributed by atoms with Gasteiger partial charge in [-0.1, -0.05) is 24.3 Å². The first-order valence-electron chi connectivity index (χ1n) is 6.59. The Morgan fingerprint density at radius 2 is 2.05 bits per heavy atom. The van der Waals surface area contributed by atoms with Gasteiger partial charge in [0, 0.05) is 5.56 Å². The van der Waals surface area contributed by atoms with E-state index in [4.69, 9.17) is 10.5 Å². The number of hydrogen-bond acceptors (Lipinski definition) is 2. The lowest BCUT2D eigenvalue weighted by Gasteiger charge is -2.13. The number of halogens is 2. The molecule has 0 saturated carbocycles. The van der Waals surface area contributed by atoms with Crippen molar-refractivity contribution >= 4 is 6.09 Å². The van der Waals surface area contributed by atoms with Crippen molar-refractivity contribution in [3.8, 4) is 11.1 Å². The van der Waals surface area contributed by atoms with Crippen molar-refractivity contribution in [3.05, 3.63) is 59.2 Å². The van der Waals surface area contributed by atoms with Crippen molar-refractivity contribution < 1.29 is 18.3 Å². The number of carbonyl (C=O) groups excluding carboxylic acids is 1. The van der Waals surface area contributed by atoms with Gasteiger partial charge in [-0.05, 0) is 41.7 Å². The van der Waals surface area contributed by atoms with Gasteiger partial charge in [0.25, 0.3) is 0 Å². The Bertz CT molecular complexity index is 715. The fraction of sp³-hybridized carbons (Fsp3) is 0.188. The van der Waals surface area contributed by atoms with Crippen LogP contribution in [0, 0.1) is 11.6 Å². The number of carbonyl (C=O) groups is 1. The minimum absolute atomic E-state index is 0.183. The molecule has 1 aliphatic rings. The number of hydrogen-bond donors (Lipinski definition) is 1. The monoisotopic (exact) mass is 289 g/mol. The Hall–Kier alpha value is -2.43. The van der Waals surface area contributed by atoms with Crippen molar-refractivity contribution in [1.29, 1.82) is 0 Å². The second-order valence-electron chi connectivity index (χ2n) is 4.98. The highest BCUT2D eigenvalue weighted by molar-refractivity contribution is 5.68. The van der Waals surface area contributed by atoms with Crippen LogP contribution in [0.2, 0.25) is 0 Å². The summed E-state index contributed by atoms with van der Waals surface area (Å²) in [4.78, 5) is 10.9. The lowest BCUT2D eigenvalue weighted by atomic mass is 9.99. The topological polar surface area (TPSA) is 52.3 Å². The molecule has 2 aromatic rings. The summed E-state index contributed by atoms with van der Waals surface area (Å²) in [5, 5.41) is 0. The zero-order chi connectivity index (χ0) is 15.0. The Morgan fingerprint density at radius 1 is 1.24 bits per heavy atom. The van der Waals surface area contributed by atoms with Crippen molar-refractivity contribution in [2.24, 2.45) is 5.73 Å². The SMILES string of the molecule is NC(=O)OC1CCc2ccc(-c3cccc(F)c3F)cc21. The van der Waals surface area contributed by atoms with Crippen molar-refractivity contribution in [3.63, 3.8) is 0 Å². The molecule has 1 amide bonds. The first kappa shape index (κ1) is 13.5. The first-order chi connectivity index (χ1) is 10.1. The zero-order valence-electron chi connectivity index (χ0n) is 11.1. The predicted molar refractivity (Wildman–Crippen MR) is 73.5 cm³/mol. The van der Waals surface area contributed by atoms with E-state index in [-0.39, 0.29) is 5.56 Å². The van der Waals surface area contributed by atoms with Crippen LogP contribution >= 0.6 is 0 Å². The fourth-order valence-corrected chi connectivity index (χ4v) is 2.72. The van der Waals surface area contributed by atoms with Crippen molar-refractivity contribution in [1.82, 2.24) is 0 Å². The van der Waals surface area contributed by atoms with Gasteiger partial charge in [0.05, 0.1) is 0 Å². The molecule has 2 N–H and O–H groups in total. The van der Waals surface area contributed by atoms with Crippen LogP contribution in [0.3, 0.4) is 0 Å². The van der Waals surface area contributed by atoms with E-state index in [1.54, 1.807) is 12.1 Å². The lowest BCUT2D eigenvalue weighted by molar-refractivity contribution is 0.107. The quantitative estimate of drug-likeness (QED) is 0.916. The first-order valence-corrected chi connectivity index (χ1v) is 6.59. The Morgan fingerprint density at radius 3 is 2.81 bits per heavy atom. The van der Waals surface area contributed by atoms with Gasteiger partial charge in [-0.15, -0.1) is 0 Å². The number of fused-ring (bicyclic) bond motifs is 1. The highest BCUT2D eigenvalue weighted by Crippen LogP contribution is 2.37. The maximum Gasteiger partial charge on any atom is 0.405 e. The molecule has 1 unspecified atom stereocenters. The molecular weight excluding hydrogens is 276 g/mol. The van der Waals surface area contributed by atoms with E-state index in [2.05, 4.69) is 0 Å². The van der Waals surface area contributed by atoms with Crippen LogP contribution < -0.4 is 5.73 Å². The molecule has 0 aromatic heterocycles. The maximum atomic E-state index is 13.9. The number of ether oxygens (including phenoxy) is 1. The van der Waals surface area contributed by atoms with Gasteiger partial charge in [0.15, 0.2) is 11.6 Å². The second kappa shape index (κ2) is 5.16. The summed E-state index contributed by atoms with van der Waals surface area (Å²) in [6.07, 6.45) is 0.149. The molecule has 0 bridgehead atoms. The minimum atomic E-state index is -0.891. The van der Waals surface area contributed by atoms with E-state index < -0.39 is 23.8 Å². The average molecular weight is 289 g/mol. The number of amides is 1. The van der Waals surface area contributed by atoms with Gasteiger partial charge in [-0.2, -0.15) is 0 Å². The van der Waals surface area contributed by atoms with Crippen LogP contribution in [0.5, 0.6) is 0 Å². The Kier molecular flexibility index (Phi) is 3.33. The zero-order valence-corrected chi connectivity index (χ0v) is 11.1. The van der Waals surface area contributed by atoms with Gasteiger partial charge in [0.1, 0.15) is 6.10 Å². The molecule has 3 nitrogen and oxygen atoms in total. The molecule has 0 saturated heterocycles. The van der Waals surface area contributed by atoms with Gasteiger partial charge < -0.3 is 10.5 Å². The largest absolute Gasteiger partial charge is 0.441 e.